The van der Waals surface area contributed by atoms with Crippen molar-refractivity contribution in [2.24, 2.45) is 0 Å². The minimum absolute atomic E-state index is 0.0435. The molecule has 0 heterocycles. The highest BCUT2D eigenvalue weighted by molar-refractivity contribution is 5.78. The van der Waals surface area contributed by atoms with Crippen molar-refractivity contribution in [3.05, 3.63) is 119 Å². The molecule has 0 aliphatic heterocycles. The monoisotopic (exact) mass is 527 g/mol. The third-order valence-corrected chi connectivity index (χ3v) is 8.84. The van der Waals surface area contributed by atoms with E-state index in [0.29, 0.717) is 22.6 Å². The lowest BCUT2D eigenvalue weighted by atomic mass is 9.70. The fraction of sp³-hybridized carbons (Fsp3) is 0.294. The molecule has 4 aromatic rings. The summed E-state index contributed by atoms with van der Waals surface area (Å²) in [5.41, 5.74) is 11.6. The predicted octanol–water partition coefficient (Wildman–Crippen LogP) is 8.66. The highest BCUT2D eigenvalue weighted by atomic mass is 19.4. The van der Waals surface area contributed by atoms with Crippen LogP contribution in [0.2, 0.25) is 0 Å². The molecule has 1 spiro atoms. The average molecular weight is 528 g/mol. The molecule has 6 rings (SSSR count). The summed E-state index contributed by atoms with van der Waals surface area (Å²) in [6, 6.07) is 27.9. The average Bonchev–Trinajstić information content (AvgIpc) is 3.24. The first-order valence-corrected chi connectivity index (χ1v) is 13.3. The quantitative estimate of drug-likeness (QED) is 0.271. The van der Waals surface area contributed by atoms with Crippen molar-refractivity contribution in [3.8, 4) is 16.9 Å². The largest absolute Gasteiger partial charge is 0.488 e. The van der Waals surface area contributed by atoms with E-state index in [1.165, 1.54) is 28.3 Å². The van der Waals surface area contributed by atoms with Crippen LogP contribution in [-0.2, 0) is 22.4 Å². The molecule has 0 amide bonds. The number of nitrogen functional groups attached to an aromatic ring is 1. The van der Waals surface area contributed by atoms with E-state index >= 15 is 0 Å². The predicted molar refractivity (Wildman–Crippen MR) is 150 cm³/mol. The van der Waals surface area contributed by atoms with Crippen LogP contribution in [0.25, 0.3) is 11.1 Å². The van der Waals surface area contributed by atoms with E-state index < -0.39 is 11.7 Å². The van der Waals surface area contributed by atoms with Crippen LogP contribution < -0.4 is 10.5 Å². The first kappa shape index (κ1) is 25.5. The van der Waals surface area contributed by atoms with E-state index in [4.69, 9.17) is 10.5 Å². The van der Waals surface area contributed by atoms with Gasteiger partial charge >= 0.3 is 6.18 Å². The topological polar surface area (TPSA) is 35.2 Å². The van der Waals surface area contributed by atoms with Gasteiger partial charge in [0.05, 0.1) is 11.0 Å². The second-order valence-electron chi connectivity index (χ2n) is 12.2. The zero-order valence-corrected chi connectivity index (χ0v) is 22.6. The molecule has 2 aliphatic carbocycles. The van der Waals surface area contributed by atoms with Crippen LogP contribution in [0.15, 0.2) is 91.0 Å². The molecule has 2 aliphatic rings. The van der Waals surface area contributed by atoms with Crippen molar-refractivity contribution in [2.75, 3.05) is 5.73 Å². The van der Waals surface area contributed by atoms with Crippen LogP contribution in [-0.4, -0.2) is 6.10 Å². The Labute approximate surface area is 227 Å². The zero-order valence-electron chi connectivity index (χ0n) is 22.6. The molecule has 0 saturated heterocycles. The Bertz CT molecular complexity index is 1570. The molecule has 200 valence electrons. The van der Waals surface area contributed by atoms with Crippen molar-refractivity contribution < 1.29 is 17.9 Å². The Morgan fingerprint density at radius 2 is 1.36 bits per heavy atom. The van der Waals surface area contributed by atoms with Crippen molar-refractivity contribution in [1.29, 1.82) is 0 Å². The van der Waals surface area contributed by atoms with E-state index in [1.807, 2.05) is 6.07 Å². The number of fused-ring (bicyclic) bond motifs is 4. The number of hydrogen-bond acceptors (Lipinski definition) is 2. The summed E-state index contributed by atoms with van der Waals surface area (Å²) in [5.74, 6) is 0.607. The maximum atomic E-state index is 13.3. The van der Waals surface area contributed by atoms with Gasteiger partial charge in [0.1, 0.15) is 11.9 Å². The van der Waals surface area contributed by atoms with Crippen LogP contribution in [0, 0.1) is 0 Å². The van der Waals surface area contributed by atoms with Crippen LogP contribution in [0.5, 0.6) is 5.75 Å². The second kappa shape index (κ2) is 8.38. The van der Waals surface area contributed by atoms with Gasteiger partial charge in [0.25, 0.3) is 0 Å². The molecule has 0 radical (unpaired) electrons. The summed E-state index contributed by atoms with van der Waals surface area (Å²) in [5, 5.41) is 0. The third-order valence-electron chi connectivity index (χ3n) is 8.84. The van der Waals surface area contributed by atoms with Crippen molar-refractivity contribution in [3.63, 3.8) is 0 Å². The van der Waals surface area contributed by atoms with Crippen LogP contribution in [0.4, 0.5) is 18.9 Å². The number of rotatable bonds is 3. The van der Waals surface area contributed by atoms with Gasteiger partial charge < -0.3 is 10.5 Å². The molecule has 39 heavy (non-hydrogen) atoms. The summed E-state index contributed by atoms with van der Waals surface area (Å²) in [7, 11) is 0. The first-order chi connectivity index (χ1) is 18.4. The molecule has 2 unspecified atom stereocenters. The van der Waals surface area contributed by atoms with Gasteiger partial charge in [-0.05, 0) is 63.9 Å². The Hall–Kier alpha value is -3.73. The first-order valence-electron chi connectivity index (χ1n) is 13.3. The van der Waals surface area contributed by atoms with Crippen LogP contribution in [0.1, 0.15) is 61.9 Å². The summed E-state index contributed by atoms with van der Waals surface area (Å²) in [6.07, 6.45) is -3.73. The SMILES string of the molecule is CC1(C)CC2(c3ccccc31)c1ccccc1C(C)(C)C2Oc1ccc(-c2cccc(C(F)(F)F)c2)c(N)c1. The molecular weight excluding hydrogens is 495 g/mol. The van der Waals surface area contributed by atoms with E-state index in [0.717, 1.165) is 18.6 Å². The van der Waals surface area contributed by atoms with Gasteiger partial charge in [0.15, 0.2) is 0 Å². The Balaban J connectivity index is 1.45. The molecular formula is C34H32F3NO. The number of anilines is 1. The standard InChI is InChI=1S/C34H32F3NO/c1-31(2)20-33(27-14-7-5-12-25(27)31)28-15-8-6-13-26(28)32(3,4)30(33)39-23-16-17-24(29(38)19-23)21-10-9-11-22(18-21)34(35,36)37/h5-19,30H,20,38H2,1-4H3. The molecule has 0 aromatic heterocycles. The van der Waals surface area contributed by atoms with E-state index in [9.17, 15) is 13.2 Å². The molecule has 2 atom stereocenters. The number of halogens is 3. The molecule has 0 fully saturated rings. The number of ether oxygens (including phenoxy) is 1. The van der Waals surface area contributed by atoms with E-state index in [1.54, 1.807) is 18.2 Å². The smallest absolute Gasteiger partial charge is 0.416 e. The minimum atomic E-state index is -4.42. The number of benzene rings is 4. The van der Waals surface area contributed by atoms with Gasteiger partial charge in [0.2, 0.25) is 0 Å². The minimum Gasteiger partial charge on any atom is -0.488 e. The molecule has 5 heteroatoms. The normalized spacial score (nSPS) is 22.5. The summed E-state index contributed by atoms with van der Waals surface area (Å²) >= 11 is 0. The third kappa shape index (κ3) is 3.77. The van der Waals surface area contributed by atoms with Gasteiger partial charge in [0, 0.05) is 22.7 Å². The molecule has 0 bridgehead atoms. The number of nitrogens with two attached hydrogens (primary N) is 1. The Kier molecular flexibility index (Phi) is 5.49. The van der Waals surface area contributed by atoms with Crippen LogP contribution >= 0.6 is 0 Å². The fourth-order valence-corrected chi connectivity index (χ4v) is 7.28. The molecule has 2 nitrogen and oxygen atoms in total. The fourth-order valence-electron chi connectivity index (χ4n) is 7.28. The molecule has 2 N–H and O–H groups in total. The Morgan fingerprint density at radius 3 is 2.00 bits per heavy atom. The Morgan fingerprint density at radius 1 is 0.744 bits per heavy atom. The molecule has 0 saturated carbocycles. The van der Waals surface area contributed by atoms with Crippen molar-refractivity contribution in [2.45, 2.75) is 62.6 Å². The van der Waals surface area contributed by atoms with Crippen molar-refractivity contribution in [1.82, 2.24) is 0 Å². The summed E-state index contributed by atoms with van der Waals surface area (Å²) < 4.78 is 46.9. The van der Waals surface area contributed by atoms with Gasteiger partial charge in [-0.25, -0.2) is 0 Å². The summed E-state index contributed by atoms with van der Waals surface area (Å²) in [6.45, 7) is 9.07. The number of hydrogen-bond donors (Lipinski definition) is 1. The van der Waals surface area contributed by atoms with Crippen molar-refractivity contribution >= 4 is 5.69 Å². The van der Waals surface area contributed by atoms with E-state index in [-0.39, 0.29) is 22.3 Å². The maximum absolute atomic E-state index is 13.3. The van der Waals surface area contributed by atoms with E-state index in [2.05, 4.69) is 76.2 Å². The lowest BCUT2D eigenvalue weighted by Crippen LogP contribution is -2.47. The second-order valence-corrected chi connectivity index (χ2v) is 12.2. The van der Waals surface area contributed by atoms with Gasteiger partial charge in [-0.1, -0.05) is 88.4 Å². The number of alkyl halides is 3. The molecule has 4 aromatic carbocycles. The van der Waals surface area contributed by atoms with Crippen LogP contribution in [0.3, 0.4) is 0 Å². The van der Waals surface area contributed by atoms with Gasteiger partial charge in [-0.2, -0.15) is 13.2 Å². The lowest BCUT2D eigenvalue weighted by molar-refractivity contribution is -0.137. The zero-order chi connectivity index (χ0) is 27.8. The summed E-state index contributed by atoms with van der Waals surface area (Å²) in [4.78, 5) is 0. The lowest BCUT2D eigenvalue weighted by Gasteiger charge is -2.40. The maximum Gasteiger partial charge on any atom is 0.416 e. The highest BCUT2D eigenvalue weighted by Crippen LogP contribution is 2.63. The highest BCUT2D eigenvalue weighted by Gasteiger charge is 2.63. The van der Waals surface area contributed by atoms with Gasteiger partial charge in [-0.15, -0.1) is 0 Å². The van der Waals surface area contributed by atoms with Gasteiger partial charge in [-0.3, -0.25) is 0 Å².